The zero-order valence-corrected chi connectivity index (χ0v) is 14.1. The van der Waals surface area contributed by atoms with Gasteiger partial charge in [-0.25, -0.2) is 13.1 Å². The minimum absolute atomic E-state index is 0.0549. The molecule has 2 N–H and O–H groups in total. The zero-order valence-electron chi connectivity index (χ0n) is 12.4. The maximum atomic E-state index is 12.0. The summed E-state index contributed by atoms with van der Waals surface area (Å²) in [5.74, 6) is 0. The van der Waals surface area contributed by atoms with Crippen molar-refractivity contribution >= 4 is 21.4 Å². The van der Waals surface area contributed by atoms with Crippen LogP contribution in [0.3, 0.4) is 0 Å². The van der Waals surface area contributed by atoms with Gasteiger partial charge >= 0.3 is 0 Å². The Bertz CT molecular complexity index is 481. The lowest BCUT2D eigenvalue weighted by atomic mass is 9.81. The molecule has 0 saturated heterocycles. The molecular weight excluding hydrogens is 294 g/mol. The number of sulfonamides is 1. The highest BCUT2D eigenvalue weighted by atomic mass is 32.2. The molecule has 20 heavy (non-hydrogen) atoms. The fraction of sp³-hybridized carbons (Fsp3) is 0.714. The molecule has 1 aromatic rings. The molecule has 0 aliphatic rings. The molecule has 6 heteroatoms. The van der Waals surface area contributed by atoms with Crippen LogP contribution in [-0.4, -0.2) is 26.2 Å². The van der Waals surface area contributed by atoms with Crippen LogP contribution in [0.25, 0.3) is 0 Å². The SMILES string of the molecule is CCCCCC(C)(C)[C@@H](O)CNS(=O)(=O)c1cccs1. The molecule has 0 fully saturated rings. The van der Waals surface area contributed by atoms with E-state index in [1.54, 1.807) is 17.5 Å². The lowest BCUT2D eigenvalue weighted by Gasteiger charge is -2.30. The summed E-state index contributed by atoms with van der Waals surface area (Å²) in [6.07, 6.45) is 3.53. The molecular formula is C14H25NO3S2. The second kappa shape index (κ2) is 7.54. The third-order valence-corrected chi connectivity index (χ3v) is 6.37. The van der Waals surface area contributed by atoms with E-state index in [1.165, 1.54) is 11.3 Å². The average Bonchev–Trinajstić information content (AvgIpc) is 2.90. The van der Waals surface area contributed by atoms with Gasteiger partial charge in [0.25, 0.3) is 0 Å². The molecule has 1 heterocycles. The van der Waals surface area contributed by atoms with E-state index in [9.17, 15) is 13.5 Å². The Labute approximate surface area is 126 Å². The summed E-state index contributed by atoms with van der Waals surface area (Å²) in [4.78, 5) is 0. The Morgan fingerprint density at radius 1 is 1.40 bits per heavy atom. The van der Waals surface area contributed by atoms with Gasteiger partial charge in [0, 0.05) is 6.54 Å². The van der Waals surface area contributed by atoms with E-state index in [0.29, 0.717) is 0 Å². The van der Waals surface area contributed by atoms with Crippen LogP contribution < -0.4 is 4.72 Å². The summed E-state index contributed by atoms with van der Waals surface area (Å²) in [6, 6.07) is 3.26. The molecule has 0 unspecified atom stereocenters. The van der Waals surface area contributed by atoms with Gasteiger partial charge in [0.05, 0.1) is 6.10 Å². The maximum absolute atomic E-state index is 12.0. The van der Waals surface area contributed by atoms with Gasteiger partial charge in [0.1, 0.15) is 4.21 Å². The van der Waals surface area contributed by atoms with Crippen LogP contribution in [0.4, 0.5) is 0 Å². The zero-order chi connectivity index (χ0) is 15.2. The predicted molar refractivity (Wildman–Crippen MR) is 83.4 cm³/mol. The Morgan fingerprint density at radius 2 is 2.10 bits per heavy atom. The van der Waals surface area contributed by atoms with Crippen molar-refractivity contribution in [2.24, 2.45) is 5.41 Å². The number of thiophene rings is 1. The third-order valence-electron chi connectivity index (χ3n) is 3.55. The predicted octanol–water partition coefficient (Wildman–Crippen LogP) is 2.99. The number of aliphatic hydroxyl groups excluding tert-OH is 1. The van der Waals surface area contributed by atoms with Gasteiger partial charge in [0.15, 0.2) is 0 Å². The van der Waals surface area contributed by atoms with Gasteiger partial charge in [-0.15, -0.1) is 11.3 Å². The van der Waals surface area contributed by atoms with Crippen molar-refractivity contribution in [2.45, 2.75) is 56.8 Å². The lowest BCUT2D eigenvalue weighted by molar-refractivity contribution is 0.0466. The number of hydrogen-bond donors (Lipinski definition) is 2. The van der Waals surface area contributed by atoms with Crippen LogP contribution in [-0.2, 0) is 10.0 Å². The van der Waals surface area contributed by atoms with E-state index in [2.05, 4.69) is 11.6 Å². The van der Waals surface area contributed by atoms with Gasteiger partial charge in [-0.2, -0.15) is 0 Å². The maximum Gasteiger partial charge on any atom is 0.250 e. The summed E-state index contributed by atoms with van der Waals surface area (Å²) in [5, 5.41) is 11.9. The number of rotatable bonds is 9. The molecule has 1 atom stereocenters. The summed E-state index contributed by atoms with van der Waals surface area (Å²) < 4.78 is 26.7. The highest BCUT2D eigenvalue weighted by Crippen LogP contribution is 2.28. The van der Waals surface area contributed by atoms with Crippen molar-refractivity contribution in [3.63, 3.8) is 0 Å². The number of nitrogens with one attached hydrogen (secondary N) is 1. The molecule has 4 nitrogen and oxygen atoms in total. The van der Waals surface area contributed by atoms with Crippen molar-refractivity contribution in [2.75, 3.05) is 6.54 Å². The van der Waals surface area contributed by atoms with Gasteiger partial charge in [0.2, 0.25) is 10.0 Å². The summed E-state index contributed by atoms with van der Waals surface area (Å²) in [6.45, 7) is 6.15. The minimum atomic E-state index is -3.49. The topological polar surface area (TPSA) is 66.4 Å². The van der Waals surface area contributed by atoms with Crippen LogP contribution in [0.1, 0.15) is 46.5 Å². The van der Waals surface area contributed by atoms with E-state index in [4.69, 9.17) is 0 Å². The first-order valence-electron chi connectivity index (χ1n) is 7.01. The number of hydrogen-bond acceptors (Lipinski definition) is 4. The first kappa shape index (κ1) is 17.6. The Hall–Kier alpha value is -0.430. The van der Waals surface area contributed by atoms with Crippen LogP contribution in [0.5, 0.6) is 0 Å². The molecule has 0 aromatic carbocycles. The van der Waals surface area contributed by atoms with Gasteiger partial charge < -0.3 is 5.11 Å². The Kier molecular flexibility index (Phi) is 6.64. The fourth-order valence-corrected chi connectivity index (χ4v) is 4.03. The molecule has 116 valence electrons. The van der Waals surface area contributed by atoms with Crippen LogP contribution >= 0.6 is 11.3 Å². The highest BCUT2D eigenvalue weighted by Gasteiger charge is 2.28. The van der Waals surface area contributed by atoms with Gasteiger partial charge in [-0.1, -0.05) is 46.1 Å². The van der Waals surface area contributed by atoms with Crippen molar-refractivity contribution < 1.29 is 13.5 Å². The average molecular weight is 319 g/mol. The van der Waals surface area contributed by atoms with E-state index < -0.39 is 16.1 Å². The first-order chi connectivity index (χ1) is 9.29. The molecule has 0 saturated carbocycles. The van der Waals surface area contributed by atoms with Gasteiger partial charge in [-0.3, -0.25) is 0 Å². The van der Waals surface area contributed by atoms with Crippen molar-refractivity contribution in [3.05, 3.63) is 17.5 Å². The summed E-state index contributed by atoms with van der Waals surface area (Å²) in [7, 11) is -3.49. The lowest BCUT2D eigenvalue weighted by Crippen LogP contribution is -2.40. The van der Waals surface area contributed by atoms with E-state index in [0.717, 1.165) is 25.7 Å². The molecule has 0 aliphatic carbocycles. The molecule has 0 aliphatic heterocycles. The van der Waals surface area contributed by atoms with E-state index in [-0.39, 0.29) is 16.2 Å². The molecule has 0 spiro atoms. The Morgan fingerprint density at radius 3 is 2.65 bits per heavy atom. The molecule has 1 rings (SSSR count). The summed E-state index contributed by atoms with van der Waals surface area (Å²) >= 11 is 1.17. The second-order valence-electron chi connectivity index (χ2n) is 5.75. The smallest absolute Gasteiger partial charge is 0.250 e. The normalized spacial score (nSPS) is 14.4. The highest BCUT2D eigenvalue weighted by molar-refractivity contribution is 7.91. The summed E-state index contributed by atoms with van der Waals surface area (Å²) in [5.41, 5.74) is -0.285. The molecule has 0 radical (unpaired) electrons. The third kappa shape index (κ3) is 5.16. The first-order valence-corrected chi connectivity index (χ1v) is 9.37. The van der Waals surface area contributed by atoms with Crippen LogP contribution in [0.15, 0.2) is 21.7 Å². The standard InChI is InChI=1S/C14H25NO3S2/c1-4-5-6-9-14(2,3)12(16)11-15-20(17,18)13-8-7-10-19-13/h7-8,10,12,15-16H,4-6,9,11H2,1-3H3/t12-/m0/s1. The van der Waals surface area contributed by atoms with E-state index >= 15 is 0 Å². The number of unbranched alkanes of at least 4 members (excludes halogenated alkanes) is 2. The largest absolute Gasteiger partial charge is 0.391 e. The van der Waals surface area contributed by atoms with Crippen molar-refractivity contribution in [1.29, 1.82) is 0 Å². The van der Waals surface area contributed by atoms with Crippen LogP contribution in [0, 0.1) is 5.41 Å². The van der Waals surface area contributed by atoms with Gasteiger partial charge in [-0.05, 0) is 23.3 Å². The monoisotopic (exact) mass is 319 g/mol. The Balaban J connectivity index is 2.52. The minimum Gasteiger partial charge on any atom is -0.391 e. The fourth-order valence-electron chi connectivity index (χ4n) is 1.95. The quantitative estimate of drug-likeness (QED) is 0.688. The van der Waals surface area contributed by atoms with Crippen molar-refractivity contribution in [1.82, 2.24) is 4.72 Å². The van der Waals surface area contributed by atoms with Crippen LogP contribution in [0.2, 0.25) is 0 Å². The van der Waals surface area contributed by atoms with E-state index in [1.807, 2.05) is 13.8 Å². The molecule has 1 aromatic heterocycles. The number of aliphatic hydroxyl groups is 1. The molecule has 0 amide bonds. The molecule has 0 bridgehead atoms. The second-order valence-corrected chi connectivity index (χ2v) is 8.69. The van der Waals surface area contributed by atoms with Crippen molar-refractivity contribution in [3.8, 4) is 0 Å².